The van der Waals surface area contributed by atoms with E-state index in [2.05, 4.69) is 17.0 Å². The first-order chi connectivity index (χ1) is 11.2. The lowest BCUT2D eigenvalue weighted by Crippen LogP contribution is -2.42. The molecule has 0 amide bonds. The fourth-order valence-corrected chi connectivity index (χ4v) is 2.95. The zero-order chi connectivity index (χ0) is 16.1. The van der Waals surface area contributed by atoms with Crippen molar-refractivity contribution in [3.8, 4) is 5.75 Å². The molecule has 3 nitrogen and oxygen atoms in total. The van der Waals surface area contributed by atoms with Crippen LogP contribution in [0.5, 0.6) is 5.75 Å². The number of morpholine rings is 1. The molecular formula is C19H22FNO2. The third-order valence-electron chi connectivity index (χ3n) is 4.18. The first-order valence-electron chi connectivity index (χ1n) is 7.95. The number of halogens is 1. The second kappa shape index (κ2) is 7.57. The summed E-state index contributed by atoms with van der Waals surface area (Å²) in [6.07, 6.45) is 1.05. The van der Waals surface area contributed by atoms with Crippen molar-refractivity contribution < 1.29 is 13.9 Å². The summed E-state index contributed by atoms with van der Waals surface area (Å²) in [4.78, 5) is 2.25. The smallest absolute Gasteiger partial charge is 0.131 e. The Bertz CT molecular complexity index is 633. The number of methoxy groups -OCH3 is 1. The average Bonchev–Trinajstić information content (AvgIpc) is 2.58. The monoisotopic (exact) mass is 315 g/mol. The zero-order valence-corrected chi connectivity index (χ0v) is 13.4. The minimum absolute atomic E-state index is 0.160. The molecule has 1 unspecified atom stereocenters. The number of nitrogens with zero attached hydrogens (tertiary/aromatic N) is 1. The molecule has 1 atom stereocenters. The molecule has 0 aliphatic carbocycles. The third kappa shape index (κ3) is 4.30. The highest BCUT2D eigenvalue weighted by Gasteiger charge is 2.21. The minimum Gasteiger partial charge on any atom is -0.497 e. The van der Waals surface area contributed by atoms with Crippen LogP contribution in [0.3, 0.4) is 0 Å². The largest absolute Gasteiger partial charge is 0.497 e. The molecule has 2 aromatic rings. The van der Waals surface area contributed by atoms with Gasteiger partial charge in [0.15, 0.2) is 0 Å². The van der Waals surface area contributed by atoms with Crippen molar-refractivity contribution in [1.29, 1.82) is 0 Å². The van der Waals surface area contributed by atoms with Gasteiger partial charge in [-0.05, 0) is 18.1 Å². The van der Waals surface area contributed by atoms with Gasteiger partial charge >= 0.3 is 0 Å². The van der Waals surface area contributed by atoms with E-state index in [1.807, 2.05) is 18.2 Å². The van der Waals surface area contributed by atoms with E-state index in [1.165, 1.54) is 11.6 Å². The van der Waals surface area contributed by atoms with Crippen LogP contribution in [-0.2, 0) is 17.7 Å². The second-order valence-corrected chi connectivity index (χ2v) is 5.87. The maximum absolute atomic E-state index is 14.1. The summed E-state index contributed by atoms with van der Waals surface area (Å²) in [5.41, 5.74) is 1.97. The predicted octanol–water partition coefficient (Wildman–Crippen LogP) is 3.28. The molecule has 0 N–H and O–H groups in total. The maximum Gasteiger partial charge on any atom is 0.131 e. The molecule has 0 spiro atoms. The maximum atomic E-state index is 14.1. The van der Waals surface area contributed by atoms with Crippen molar-refractivity contribution in [1.82, 2.24) is 4.90 Å². The van der Waals surface area contributed by atoms with Crippen molar-refractivity contribution >= 4 is 0 Å². The SMILES string of the molecule is COc1ccc(CN2CCOC(Cc3ccccc3)C2)c(F)c1. The molecule has 122 valence electrons. The van der Waals surface area contributed by atoms with Crippen molar-refractivity contribution in [2.24, 2.45) is 0 Å². The molecular weight excluding hydrogens is 293 g/mol. The van der Waals surface area contributed by atoms with Gasteiger partial charge in [0.25, 0.3) is 0 Å². The number of benzene rings is 2. The highest BCUT2D eigenvalue weighted by Crippen LogP contribution is 2.19. The van der Waals surface area contributed by atoms with Gasteiger partial charge in [-0.2, -0.15) is 0 Å². The molecule has 0 bridgehead atoms. The Balaban J connectivity index is 1.60. The number of ether oxygens (including phenoxy) is 2. The van der Waals surface area contributed by atoms with Gasteiger partial charge in [-0.15, -0.1) is 0 Å². The first-order valence-corrected chi connectivity index (χ1v) is 7.95. The van der Waals surface area contributed by atoms with Gasteiger partial charge < -0.3 is 9.47 Å². The van der Waals surface area contributed by atoms with Crippen LogP contribution in [-0.4, -0.2) is 37.8 Å². The van der Waals surface area contributed by atoms with Crippen LogP contribution in [0.4, 0.5) is 4.39 Å². The quantitative estimate of drug-likeness (QED) is 0.845. The fraction of sp³-hybridized carbons (Fsp3) is 0.368. The van der Waals surface area contributed by atoms with E-state index in [0.717, 1.165) is 19.5 Å². The van der Waals surface area contributed by atoms with E-state index in [9.17, 15) is 4.39 Å². The highest BCUT2D eigenvalue weighted by molar-refractivity contribution is 5.28. The van der Waals surface area contributed by atoms with Gasteiger partial charge in [-0.1, -0.05) is 36.4 Å². The van der Waals surface area contributed by atoms with Crippen LogP contribution in [0, 0.1) is 5.82 Å². The van der Waals surface area contributed by atoms with Crippen molar-refractivity contribution in [3.05, 3.63) is 65.5 Å². The molecule has 23 heavy (non-hydrogen) atoms. The topological polar surface area (TPSA) is 21.7 Å². The van der Waals surface area contributed by atoms with Gasteiger partial charge in [0.05, 0.1) is 19.8 Å². The zero-order valence-electron chi connectivity index (χ0n) is 13.4. The molecule has 0 radical (unpaired) electrons. The lowest BCUT2D eigenvalue weighted by molar-refractivity contribution is -0.0307. The summed E-state index contributed by atoms with van der Waals surface area (Å²) in [5, 5.41) is 0. The Kier molecular flexibility index (Phi) is 5.26. The number of hydrogen-bond acceptors (Lipinski definition) is 3. The molecule has 2 aromatic carbocycles. The third-order valence-corrected chi connectivity index (χ3v) is 4.18. The Hall–Kier alpha value is -1.91. The Labute approximate surface area is 136 Å². The van der Waals surface area contributed by atoms with Crippen LogP contribution in [0.15, 0.2) is 48.5 Å². The molecule has 1 aliphatic rings. The average molecular weight is 315 g/mol. The normalized spacial score (nSPS) is 18.8. The summed E-state index contributed by atoms with van der Waals surface area (Å²) >= 11 is 0. The van der Waals surface area contributed by atoms with Crippen molar-refractivity contribution in [3.63, 3.8) is 0 Å². The van der Waals surface area contributed by atoms with E-state index in [4.69, 9.17) is 9.47 Å². The summed E-state index contributed by atoms with van der Waals surface area (Å²) in [7, 11) is 1.55. The molecule has 1 saturated heterocycles. The van der Waals surface area contributed by atoms with Crippen LogP contribution in [0.2, 0.25) is 0 Å². The Morgan fingerprint density at radius 2 is 2.04 bits per heavy atom. The lowest BCUT2D eigenvalue weighted by Gasteiger charge is -2.33. The van der Waals surface area contributed by atoms with E-state index < -0.39 is 0 Å². The minimum atomic E-state index is -0.213. The van der Waals surface area contributed by atoms with Crippen molar-refractivity contribution in [2.45, 2.75) is 19.1 Å². The number of hydrogen-bond donors (Lipinski definition) is 0. The molecule has 4 heteroatoms. The van der Waals surface area contributed by atoms with Gasteiger partial charge in [0.1, 0.15) is 11.6 Å². The van der Waals surface area contributed by atoms with Crippen LogP contribution >= 0.6 is 0 Å². The van der Waals surface area contributed by atoms with Gasteiger partial charge in [-0.25, -0.2) is 4.39 Å². The first kappa shape index (κ1) is 16.0. The molecule has 1 aliphatic heterocycles. The number of rotatable bonds is 5. The van der Waals surface area contributed by atoms with Crippen LogP contribution < -0.4 is 4.74 Å². The summed E-state index contributed by atoms with van der Waals surface area (Å²) in [6, 6.07) is 15.4. The fourth-order valence-electron chi connectivity index (χ4n) is 2.95. The van der Waals surface area contributed by atoms with Crippen LogP contribution in [0.1, 0.15) is 11.1 Å². The van der Waals surface area contributed by atoms with E-state index in [1.54, 1.807) is 19.2 Å². The van der Waals surface area contributed by atoms with Gasteiger partial charge in [0, 0.05) is 31.3 Å². The summed E-state index contributed by atoms with van der Waals surface area (Å²) < 4.78 is 25.0. The van der Waals surface area contributed by atoms with E-state index in [0.29, 0.717) is 24.5 Å². The molecule has 0 saturated carbocycles. The molecule has 1 heterocycles. The molecule has 0 aromatic heterocycles. The standard InChI is InChI=1S/C19H22FNO2/c1-22-17-8-7-16(19(20)12-17)13-21-9-10-23-18(14-21)11-15-5-3-2-4-6-15/h2-8,12,18H,9-11,13-14H2,1H3. The van der Waals surface area contributed by atoms with Gasteiger partial charge in [-0.3, -0.25) is 4.90 Å². The summed E-state index contributed by atoms with van der Waals surface area (Å²) in [6.45, 7) is 2.94. The molecule has 1 fully saturated rings. The van der Waals surface area contributed by atoms with Crippen molar-refractivity contribution in [2.75, 3.05) is 26.8 Å². The second-order valence-electron chi connectivity index (χ2n) is 5.87. The Morgan fingerprint density at radius 1 is 1.22 bits per heavy atom. The molecule has 3 rings (SSSR count). The lowest BCUT2D eigenvalue weighted by atomic mass is 10.1. The predicted molar refractivity (Wildman–Crippen MR) is 88.1 cm³/mol. The van der Waals surface area contributed by atoms with E-state index >= 15 is 0 Å². The van der Waals surface area contributed by atoms with Crippen LogP contribution in [0.25, 0.3) is 0 Å². The Morgan fingerprint density at radius 3 is 2.78 bits per heavy atom. The van der Waals surface area contributed by atoms with Gasteiger partial charge in [0.2, 0.25) is 0 Å². The highest BCUT2D eigenvalue weighted by atomic mass is 19.1. The van der Waals surface area contributed by atoms with E-state index in [-0.39, 0.29) is 11.9 Å². The summed E-state index contributed by atoms with van der Waals surface area (Å²) in [5.74, 6) is 0.339.